The van der Waals surface area contributed by atoms with E-state index in [4.69, 9.17) is 13.9 Å². The second kappa shape index (κ2) is 6.55. The number of aryl methyl sites for hydroxylation is 2. The van der Waals surface area contributed by atoms with E-state index in [1.807, 2.05) is 38.1 Å². The van der Waals surface area contributed by atoms with E-state index in [0.717, 1.165) is 11.1 Å². The number of anilines is 1. The van der Waals surface area contributed by atoms with E-state index in [1.54, 1.807) is 18.2 Å². The lowest BCUT2D eigenvalue weighted by molar-refractivity contribution is -0.115. The summed E-state index contributed by atoms with van der Waals surface area (Å²) in [5.74, 6) is 2.30. The summed E-state index contributed by atoms with van der Waals surface area (Å²) >= 11 is 0. The van der Waals surface area contributed by atoms with Crippen LogP contribution in [-0.4, -0.2) is 17.7 Å². The molecule has 1 aliphatic heterocycles. The van der Waals surface area contributed by atoms with Crippen molar-refractivity contribution in [2.45, 2.75) is 20.3 Å². The molecule has 26 heavy (non-hydrogen) atoms. The minimum absolute atomic E-state index is 0.135. The van der Waals surface area contributed by atoms with Crippen LogP contribution in [0.2, 0.25) is 0 Å². The molecule has 0 atom stereocenters. The average molecular weight is 350 g/mol. The first-order chi connectivity index (χ1) is 12.6. The number of nitrogens with zero attached hydrogens (tertiary/aromatic N) is 1. The van der Waals surface area contributed by atoms with Crippen molar-refractivity contribution in [1.82, 2.24) is 4.98 Å². The third-order valence-electron chi connectivity index (χ3n) is 4.14. The van der Waals surface area contributed by atoms with Crippen LogP contribution in [0.4, 0.5) is 5.69 Å². The molecule has 1 aliphatic rings. The number of carbonyl (C=O) groups is 1. The molecule has 0 aliphatic carbocycles. The van der Waals surface area contributed by atoms with Crippen LogP contribution in [0.5, 0.6) is 11.5 Å². The number of aromatic nitrogens is 1. The van der Waals surface area contributed by atoms with Gasteiger partial charge in [-0.2, -0.15) is 0 Å². The molecule has 2 aromatic carbocycles. The first-order valence-electron chi connectivity index (χ1n) is 8.31. The molecule has 4 rings (SSSR count). The second-order valence-corrected chi connectivity index (χ2v) is 6.18. The number of rotatable bonds is 4. The minimum atomic E-state index is -0.170. The van der Waals surface area contributed by atoms with Gasteiger partial charge in [0.25, 0.3) is 0 Å². The Morgan fingerprint density at radius 2 is 1.96 bits per heavy atom. The van der Waals surface area contributed by atoms with Gasteiger partial charge in [-0.05, 0) is 38.1 Å². The lowest BCUT2D eigenvalue weighted by Crippen LogP contribution is -2.15. The zero-order chi connectivity index (χ0) is 18.1. The van der Waals surface area contributed by atoms with Crippen molar-refractivity contribution < 1.29 is 18.7 Å². The summed E-state index contributed by atoms with van der Waals surface area (Å²) in [6.07, 6.45) is 0.135. The number of oxazole rings is 1. The van der Waals surface area contributed by atoms with Crippen molar-refractivity contribution in [3.63, 3.8) is 0 Å². The molecule has 2 heterocycles. The standard InChI is InChI=1S/C20H18N2O4/c1-12-4-3-5-14(8-12)20-22-16(13(2)26-20)10-19(23)21-15-6-7-17-18(9-15)25-11-24-17/h3-9H,10-11H2,1-2H3,(H,21,23). The van der Waals surface area contributed by atoms with Gasteiger partial charge in [-0.25, -0.2) is 4.98 Å². The van der Waals surface area contributed by atoms with E-state index in [0.29, 0.717) is 34.5 Å². The molecule has 6 heteroatoms. The Labute approximate surface area is 150 Å². The average Bonchev–Trinajstić information content (AvgIpc) is 3.21. The number of fused-ring (bicyclic) bond motifs is 1. The molecule has 0 saturated heterocycles. The van der Waals surface area contributed by atoms with Crippen LogP contribution in [0.1, 0.15) is 17.0 Å². The molecule has 6 nitrogen and oxygen atoms in total. The molecular formula is C20H18N2O4. The monoisotopic (exact) mass is 350 g/mol. The number of carbonyl (C=O) groups excluding carboxylic acids is 1. The number of amides is 1. The Balaban J connectivity index is 1.48. The van der Waals surface area contributed by atoms with Crippen LogP contribution in [0.25, 0.3) is 11.5 Å². The van der Waals surface area contributed by atoms with Crippen LogP contribution in [0.3, 0.4) is 0 Å². The van der Waals surface area contributed by atoms with Gasteiger partial charge in [-0.1, -0.05) is 17.7 Å². The number of hydrogen-bond acceptors (Lipinski definition) is 5. The molecule has 1 N–H and O–H groups in total. The number of benzene rings is 2. The molecule has 0 spiro atoms. The molecule has 0 bridgehead atoms. The molecule has 0 fully saturated rings. The Morgan fingerprint density at radius 3 is 2.81 bits per heavy atom. The highest BCUT2D eigenvalue weighted by molar-refractivity contribution is 5.92. The fourth-order valence-electron chi connectivity index (χ4n) is 2.83. The number of ether oxygens (including phenoxy) is 2. The SMILES string of the molecule is Cc1cccc(-c2nc(CC(=O)Nc3ccc4c(c3)OCO4)c(C)o2)c1. The van der Waals surface area contributed by atoms with Crippen molar-refractivity contribution in [3.8, 4) is 23.0 Å². The topological polar surface area (TPSA) is 73.6 Å². The van der Waals surface area contributed by atoms with Crippen LogP contribution in [-0.2, 0) is 11.2 Å². The maximum absolute atomic E-state index is 12.4. The lowest BCUT2D eigenvalue weighted by atomic mass is 10.1. The predicted molar refractivity (Wildman–Crippen MR) is 96.3 cm³/mol. The van der Waals surface area contributed by atoms with Crippen LogP contribution >= 0.6 is 0 Å². The molecule has 1 aromatic heterocycles. The summed E-state index contributed by atoms with van der Waals surface area (Å²) in [5.41, 5.74) is 3.30. The zero-order valence-electron chi connectivity index (χ0n) is 14.5. The van der Waals surface area contributed by atoms with Crippen molar-refractivity contribution in [3.05, 3.63) is 59.5 Å². The van der Waals surface area contributed by atoms with Gasteiger partial charge in [0.1, 0.15) is 5.76 Å². The fraction of sp³-hybridized carbons (Fsp3) is 0.200. The normalized spacial score (nSPS) is 12.2. The summed E-state index contributed by atoms with van der Waals surface area (Å²) < 4.78 is 16.3. The highest BCUT2D eigenvalue weighted by Gasteiger charge is 2.17. The quantitative estimate of drug-likeness (QED) is 0.773. The summed E-state index contributed by atoms with van der Waals surface area (Å²) in [5, 5.41) is 2.85. The summed E-state index contributed by atoms with van der Waals surface area (Å²) in [7, 11) is 0. The van der Waals surface area contributed by atoms with E-state index in [9.17, 15) is 4.79 Å². The number of hydrogen-bond donors (Lipinski definition) is 1. The molecule has 0 radical (unpaired) electrons. The van der Waals surface area contributed by atoms with E-state index < -0.39 is 0 Å². The highest BCUT2D eigenvalue weighted by Crippen LogP contribution is 2.34. The van der Waals surface area contributed by atoms with Gasteiger partial charge in [0.15, 0.2) is 11.5 Å². The molecule has 3 aromatic rings. The maximum atomic E-state index is 12.4. The summed E-state index contributed by atoms with van der Waals surface area (Å²) in [6.45, 7) is 4.03. The largest absolute Gasteiger partial charge is 0.454 e. The molecule has 0 unspecified atom stereocenters. The van der Waals surface area contributed by atoms with Gasteiger partial charge in [0.2, 0.25) is 18.6 Å². The molecule has 132 valence electrons. The Kier molecular flexibility index (Phi) is 4.08. The molecular weight excluding hydrogens is 332 g/mol. The van der Waals surface area contributed by atoms with Crippen LogP contribution in [0.15, 0.2) is 46.9 Å². The van der Waals surface area contributed by atoms with Gasteiger partial charge in [-0.3, -0.25) is 4.79 Å². The van der Waals surface area contributed by atoms with Crippen molar-refractivity contribution >= 4 is 11.6 Å². The Hall–Kier alpha value is -3.28. The summed E-state index contributed by atoms with van der Waals surface area (Å²) in [6, 6.07) is 13.2. The fourth-order valence-corrected chi connectivity index (χ4v) is 2.83. The van der Waals surface area contributed by atoms with E-state index in [-0.39, 0.29) is 19.1 Å². The first-order valence-corrected chi connectivity index (χ1v) is 8.31. The van der Waals surface area contributed by atoms with Crippen molar-refractivity contribution in [1.29, 1.82) is 0 Å². The van der Waals surface area contributed by atoms with Gasteiger partial charge < -0.3 is 19.2 Å². The van der Waals surface area contributed by atoms with Crippen LogP contribution < -0.4 is 14.8 Å². The van der Waals surface area contributed by atoms with Gasteiger partial charge in [0.05, 0.1) is 12.1 Å². The van der Waals surface area contributed by atoms with Crippen molar-refractivity contribution in [2.75, 3.05) is 12.1 Å². The highest BCUT2D eigenvalue weighted by atomic mass is 16.7. The van der Waals surface area contributed by atoms with Gasteiger partial charge in [0, 0.05) is 17.3 Å². The smallest absolute Gasteiger partial charge is 0.231 e. The summed E-state index contributed by atoms with van der Waals surface area (Å²) in [4.78, 5) is 16.9. The van der Waals surface area contributed by atoms with Crippen molar-refractivity contribution in [2.24, 2.45) is 0 Å². The van der Waals surface area contributed by atoms with Crippen LogP contribution in [0, 0.1) is 13.8 Å². The van der Waals surface area contributed by atoms with E-state index in [2.05, 4.69) is 10.3 Å². The van der Waals surface area contributed by atoms with E-state index in [1.165, 1.54) is 0 Å². The predicted octanol–water partition coefficient (Wildman–Crippen LogP) is 3.87. The Bertz CT molecular complexity index is 978. The lowest BCUT2D eigenvalue weighted by Gasteiger charge is -2.05. The van der Waals surface area contributed by atoms with Gasteiger partial charge in [-0.15, -0.1) is 0 Å². The van der Waals surface area contributed by atoms with Gasteiger partial charge >= 0.3 is 0 Å². The first kappa shape index (κ1) is 16.2. The maximum Gasteiger partial charge on any atom is 0.231 e. The Morgan fingerprint density at radius 1 is 1.12 bits per heavy atom. The minimum Gasteiger partial charge on any atom is -0.454 e. The van der Waals surface area contributed by atoms with E-state index >= 15 is 0 Å². The second-order valence-electron chi connectivity index (χ2n) is 6.18. The third-order valence-corrected chi connectivity index (χ3v) is 4.14. The zero-order valence-corrected chi connectivity index (χ0v) is 14.5. The molecule has 0 saturated carbocycles. The molecule has 1 amide bonds. The number of nitrogens with one attached hydrogen (secondary N) is 1. The third kappa shape index (κ3) is 3.26.